The summed E-state index contributed by atoms with van der Waals surface area (Å²) in [4.78, 5) is 14.9. The molecule has 0 spiro atoms. The molecule has 0 aromatic heterocycles. The predicted molar refractivity (Wildman–Crippen MR) is 120 cm³/mol. The van der Waals surface area contributed by atoms with Crippen molar-refractivity contribution in [1.29, 1.82) is 0 Å². The topological polar surface area (TPSA) is 41.6 Å². The Labute approximate surface area is 183 Å². The molecule has 0 aliphatic carbocycles. The van der Waals surface area contributed by atoms with Crippen molar-refractivity contribution < 1.29 is 9.53 Å². The number of benzene rings is 2. The molecule has 1 aliphatic heterocycles. The van der Waals surface area contributed by atoms with E-state index in [0.717, 1.165) is 50.1 Å². The highest BCUT2D eigenvalue weighted by Gasteiger charge is 2.14. The summed E-state index contributed by atoms with van der Waals surface area (Å²) in [6, 6.07) is 12.0. The molecular formula is C18H17BrI2N2O2. The summed E-state index contributed by atoms with van der Waals surface area (Å²) in [5.41, 5.74) is 2.69. The van der Waals surface area contributed by atoms with Crippen molar-refractivity contribution in [2.75, 3.05) is 31.6 Å². The van der Waals surface area contributed by atoms with Crippen molar-refractivity contribution >= 4 is 72.7 Å². The maximum absolute atomic E-state index is 12.6. The Balaban J connectivity index is 1.66. The third kappa shape index (κ3) is 5.38. The van der Waals surface area contributed by atoms with Crippen LogP contribution >= 0.6 is 61.1 Å². The van der Waals surface area contributed by atoms with Gasteiger partial charge in [-0.1, -0.05) is 12.1 Å². The Hall–Kier alpha value is -0.230. The van der Waals surface area contributed by atoms with Crippen molar-refractivity contribution in [2.24, 2.45) is 0 Å². The Morgan fingerprint density at radius 3 is 2.52 bits per heavy atom. The first-order valence-corrected chi connectivity index (χ1v) is 10.8. The molecule has 1 N–H and O–H groups in total. The summed E-state index contributed by atoms with van der Waals surface area (Å²) in [5, 5.41) is 2.98. The first kappa shape index (κ1) is 19.5. The van der Waals surface area contributed by atoms with Gasteiger partial charge in [0.05, 0.1) is 18.8 Å². The van der Waals surface area contributed by atoms with E-state index in [1.54, 1.807) is 0 Å². The SMILES string of the molecule is O=C(Nc1ccc(CN2CCOCC2)cc1)c1cc(I)cc(I)c1Br. The number of morpholine rings is 1. The van der Waals surface area contributed by atoms with Crippen LogP contribution in [0.4, 0.5) is 5.69 Å². The van der Waals surface area contributed by atoms with Gasteiger partial charge < -0.3 is 10.1 Å². The number of rotatable bonds is 4. The number of ether oxygens (including phenoxy) is 1. The summed E-state index contributed by atoms with van der Waals surface area (Å²) >= 11 is 7.96. The van der Waals surface area contributed by atoms with Crippen molar-refractivity contribution in [3.63, 3.8) is 0 Å². The van der Waals surface area contributed by atoms with Crippen molar-refractivity contribution in [1.82, 2.24) is 4.90 Å². The highest BCUT2D eigenvalue weighted by Crippen LogP contribution is 2.27. The summed E-state index contributed by atoms with van der Waals surface area (Å²) in [7, 11) is 0. The van der Waals surface area contributed by atoms with Crippen LogP contribution in [0, 0.1) is 7.14 Å². The molecule has 25 heavy (non-hydrogen) atoms. The molecule has 0 bridgehead atoms. The zero-order valence-corrected chi connectivity index (χ0v) is 19.3. The average molecular weight is 627 g/mol. The third-order valence-corrected chi connectivity index (χ3v) is 7.03. The molecular weight excluding hydrogens is 610 g/mol. The van der Waals surface area contributed by atoms with E-state index in [0.29, 0.717) is 5.56 Å². The maximum Gasteiger partial charge on any atom is 0.256 e. The van der Waals surface area contributed by atoms with Gasteiger partial charge in [0.1, 0.15) is 0 Å². The zero-order valence-electron chi connectivity index (χ0n) is 13.4. The van der Waals surface area contributed by atoms with Crippen molar-refractivity contribution in [2.45, 2.75) is 6.54 Å². The molecule has 1 saturated heterocycles. The molecule has 2 aromatic rings. The Morgan fingerprint density at radius 2 is 1.84 bits per heavy atom. The smallest absolute Gasteiger partial charge is 0.256 e. The minimum atomic E-state index is -0.107. The highest BCUT2D eigenvalue weighted by molar-refractivity contribution is 14.1. The second kappa shape index (κ2) is 9.12. The average Bonchev–Trinajstić information content (AvgIpc) is 2.60. The van der Waals surface area contributed by atoms with Crippen LogP contribution in [-0.4, -0.2) is 37.1 Å². The normalized spacial score (nSPS) is 15.2. The molecule has 2 aromatic carbocycles. The molecule has 3 rings (SSSR count). The van der Waals surface area contributed by atoms with Gasteiger partial charge in [0.25, 0.3) is 5.91 Å². The molecule has 132 valence electrons. The molecule has 4 nitrogen and oxygen atoms in total. The lowest BCUT2D eigenvalue weighted by molar-refractivity contribution is 0.0342. The monoisotopic (exact) mass is 626 g/mol. The summed E-state index contributed by atoms with van der Waals surface area (Å²) < 4.78 is 8.27. The van der Waals surface area contributed by atoms with Gasteiger partial charge in [0.2, 0.25) is 0 Å². The van der Waals surface area contributed by atoms with E-state index < -0.39 is 0 Å². The van der Waals surface area contributed by atoms with Crippen LogP contribution in [-0.2, 0) is 11.3 Å². The highest BCUT2D eigenvalue weighted by atomic mass is 127. The quantitative estimate of drug-likeness (QED) is 0.394. The van der Waals surface area contributed by atoms with Gasteiger partial charge in [-0.05, 0) is 90.9 Å². The van der Waals surface area contributed by atoms with Gasteiger partial charge in [-0.25, -0.2) is 0 Å². The Kier molecular flexibility index (Phi) is 7.12. The summed E-state index contributed by atoms with van der Waals surface area (Å²) in [5.74, 6) is -0.107. The lowest BCUT2D eigenvalue weighted by Gasteiger charge is -2.26. The van der Waals surface area contributed by atoms with Crippen molar-refractivity contribution in [3.05, 3.63) is 59.1 Å². The number of halogens is 3. The molecule has 0 saturated carbocycles. The van der Waals surface area contributed by atoms with E-state index in [1.807, 2.05) is 24.3 Å². The molecule has 1 aliphatic rings. The number of carbonyl (C=O) groups excluding carboxylic acids is 1. The predicted octanol–water partition coefficient (Wildman–Crippen LogP) is 4.74. The molecule has 1 amide bonds. The lowest BCUT2D eigenvalue weighted by Crippen LogP contribution is -2.35. The fourth-order valence-corrected chi connectivity index (χ4v) is 4.88. The van der Waals surface area contributed by atoms with Crippen LogP contribution in [0.1, 0.15) is 15.9 Å². The maximum atomic E-state index is 12.6. The van der Waals surface area contributed by atoms with E-state index in [-0.39, 0.29) is 5.91 Å². The second-order valence-electron chi connectivity index (χ2n) is 5.79. The molecule has 0 radical (unpaired) electrons. The van der Waals surface area contributed by atoms with Crippen LogP contribution in [0.3, 0.4) is 0 Å². The van der Waals surface area contributed by atoms with Crippen LogP contribution in [0.25, 0.3) is 0 Å². The van der Waals surface area contributed by atoms with Crippen LogP contribution in [0.2, 0.25) is 0 Å². The zero-order chi connectivity index (χ0) is 17.8. The van der Waals surface area contributed by atoms with Crippen molar-refractivity contribution in [3.8, 4) is 0 Å². The fourth-order valence-electron chi connectivity index (χ4n) is 2.63. The Morgan fingerprint density at radius 1 is 1.16 bits per heavy atom. The number of hydrogen-bond donors (Lipinski definition) is 1. The van der Waals surface area contributed by atoms with E-state index in [2.05, 4.69) is 83.5 Å². The van der Waals surface area contributed by atoms with Crippen LogP contribution < -0.4 is 5.32 Å². The number of nitrogens with one attached hydrogen (secondary N) is 1. The first-order valence-electron chi connectivity index (χ1n) is 7.88. The van der Waals surface area contributed by atoms with Gasteiger partial charge in [0, 0.05) is 36.9 Å². The third-order valence-electron chi connectivity index (χ3n) is 3.96. The van der Waals surface area contributed by atoms with Gasteiger partial charge in [-0.15, -0.1) is 0 Å². The van der Waals surface area contributed by atoms with E-state index >= 15 is 0 Å². The van der Waals surface area contributed by atoms with Crippen LogP contribution in [0.5, 0.6) is 0 Å². The minimum Gasteiger partial charge on any atom is -0.379 e. The van der Waals surface area contributed by atoms with Gasteiger partial charge in [0.15, 0.2) is 0 Å². The van der Waals surface area contributed by atoms with Crippen LogP contribution in [0.15, 0.2) is 40.9 Å². The number of nitrogens with zero attached hydrogens (tertiary/aromatic N) is 1. The lowest BCUT2D eigenvalue weighted by atomic mass is 10.1. The number of carbonyl (C=O) groups is 1. The van der Waals surface area contributed by atoms with E-state index in [1.165, 1.54) is 5.56 Å². The Bertz CT molecular complexity index is 762. The first-order chi connectivity index (χ1) is 12.0. The van der Waals surface area contributed by atoms with Gasteiger partial charge in [-0.2, -0.15) is 0 Å². The van der Waals surface area contributed by atoms with E-state index in [9.17, 15) is 4.79 Å². The molecule has 0 atom stereocenters. The van der Waals surface area contributed by atoms with Gasteiger partial charge >= 0.3 is 0 Å². The van der Waals surface area contributed by atoms with E-state index in [4.69, 9.17) is 4.74 Å². The fraction of sp³-hybridized carbons (Fsp3) is 0.278. The second-order valence-corrected chi connectivity index (χ2v) is 8.99. The largest absolute Gasteiger partial charge is 0.379 e. The molecule has 7 heteroatoms. The summed E-state index contributed by atoms with van der Waals surface area (Å²) in [6.07, 6.45) is 0. The molecule has 0 unspecified atom stereocenters. The molecule has 1 heterocycles. The number of amides is 1. The standard InChI is InChI=1S/C18H17BrI2N2O2/c19-17-15(9-13(20)10-16(17)21)18(24)22-14-3-1-12(2-4-14)11-23-5-7-25-8-6-23/h1-4,9-10H,5-8,11H2,(H,22,24). The number of hydrogen-bond acceptors (Lipinski definition) is 3. The summed E-state index contributed by atoms with van der Waals surface area (Å²) in [6.45, 7) is 4.46. The molecule has 1 fully saturated rings. The van der Waals surface area contributed by atoms with Gasteiger partial charge in [-0.3, -0.25) is 9.69 Å². The number of anilines is 1. The minimum absolute atomic E-state index is 0.107.